The van der Waals surface area contributed by atoms with Crippen LogP contribution in [0.2, 0.25) is 0 Å². The second-order valence-electron chi connectivity index (χ2n) is 11.0. The van der Waals surface area contributed by atoms with E-state index in [0.29, 0.717) is 11.1 Å². The van der Waals surface area contributed by atoms with E-state index >= 15 is 0 Å². The lowest BCUT2D eigenvalue weighted by Crippen LogP contribution is -2.49. The topological polar surface area (TPSA) is 102 Å². The third-order valence-electron chi connectivity index (χ3n) is 8.13. The summed E-state index contributed by atoms with van der Waals surface area (Å²) in [7, 11) is -3.38. The maximum absolute atomic E-state index is 13.0. The van der Waals surface area contributed by atoms with Gasteiger partial charge in [-0.3, -0.25) is 9.69 Å². The highest BCUT2D eigenvalue weighted by molar-refractivity contribution is 7.91. The van der Waals surface area contributed by atoms with E-state index in [-0.39, 0.29) is 17.3 Å². The third-order valence-corrected chi connectivity index (χ3v) is 9.28. The fourth-order valence-corrected chi connectivity index (χ4v) is 6.86. The molecule has 3 aliphatic heterocycles. The summed E-state index contributed by atoms with van der Waals surface area (Å²) in [5.41, 5.74) is 0.622. The number of sulfone groups is 1. The molecule has 0 atom stereocenters. The number of aromatic nitrogens is 2. The monoisotopic (exact) mass is 563 g/mol. The molecule has 0 unspecified atom stereocenters. The Morgan fingerprint density at radius 2 is 1.35 bits per heavy atom. The van der Waals surface area contributed by atoms with E-state index < -0.39 is 9.84 Å². The molecule has 1 N–H and O–H groups in total. The number of hydrogen-bond donors (Lipinski definition) is 1. The van der Waals surface area contributed by atoms with E-state index in [1.54, 1.807) is 18.2 Å². The van der Waals surface area contributed by atoms with Crippen molar-refractivity contribution in [3.05, 3.63) is 42.5 Å². The maximum atomic E-state index is 13.0. The van der Waals surface area contributed by atoms with E-state index in [4.69, 9.17) is 9.97 Å². The Morgan fingerprint density at radius 1 is 0.775 bits per heavy atom. The van der Waals surface area contributed by atoms with Gasteiger partial charge in [-0.1, -0.05) is 24.3 Å². The van der Waals surface area contributed by atoms with Gasteiger partial charge in [0.1, 0.15) is 11.6 Å². The minimum absolute atomic E-state index is 0.111. The quantitative estimate of drug-likeness (QED) is 0.465. The summed E-state index contributed by atoms with van der Waals surface area (Å²) in [6.45, 7) is 7.47. The first kappa shape index (κ1) is 26.8. The molecule has 6 rings (SSSR count). The highest BCUT2D eigenvalue weighted by atomic mass is 32.2. The number of rotatable bonds is 7. The molecule has 0 bridgehead atoms. The SMILES string of the molecule is CS(=O)(=O)c1ccc(NC(=O)CN2CCN(c3cc(N4CCCC4)nc(N4CCCC4)n3)CC2)c2ccccc12. The minimum atomic E-state index is -3.38. The van der Waals surface area contributed by atoms with Crippen molar-refractivity contribution in [2.75, 3.05) is 85.2 Å². The molecule has 0 spiro atoms. The van der Waals surface area contributed by atoms with Crippen LogP contribution in [0, 0.1) is 0 Å². The molecule has 212 valence electrons. The van der Waals surface area contributed by atoms with Crippen molar-refractivity contribution >= 4 is 49.8 Å². The first-order valence-corrected chi connectivity index (χ1v) is 16.1. The Kier molecular flexibility index (Phi) is 7.50. The van der Waals surface area contributed by atoms with Gasteiger partial charge in [0, 0.05) is 81.1 Å². The van der Waals surface area contributed by atoms with Gasteiger partial charge in [0.25, 0.3) is 0 Å². The van der Waals surface area contributed by atoms with Crippen LogP contribution >= 0.6 is 0 Å². The summed E-state index contributed by atoms with van der Waals surface area (Å²) in [5, 5.41) is 4.34. The van der Waals surface area contributed by atoms with Gasteiger partial charge in [0.2, 0.25) is 11.9 Å². The zero-order valence-corrected chi connectivity index (χ0v) is 23.9. The molecule has 3 fully saturated rings. The van der Waals surface area contributed by atoms with Crippen LogP contribution in [0.25, 0.3) is 10.8 Å². The van der Waals surface area contributed by atoms with Crippen LogP contribution in [0.4, 0.5) is 23.3 Å². The average Bonchev–Trinajstić information content (AvgIpc) is 3.68. The van der Waals surface area contributed by atoms with Gasteiger partial charge in [-0.25, -0.2) is 8.42 Å². The molecule has 3 aromatic rings. The smallest absolute Gasteiger partial charge is 0.238 e. The van der Waals surface area contributed by atoms with Crippen molar-refractivity contribution in [1.82, 2.24) is 14.9 Å². The van der Waals surface area contributed by atoms with Gasteiger partial charge in [-0.15, -0.1) is 0 Å². The van der Waals surface area contributed by atoms with Crippen molar-refractivity contribution in [1.29, 1.82) is 0 Å². The lowest BCUT2D eigenvalue weighted by molar-refractivity contribution is -0.117. The number of hydrogen-bond acceptors (Lipinski definition) is 9. The van der Waals surface area contributed by atoms with Gasteiger partial charge >= 0.3 is 0 Å². The second-order valence-corrected chi connectivity index (χ2v) is 13.0. The molecule has 0 radical (unpaired) electrons. The van der Waals surface area contributed by atoms with Crippen LogP contribution in [0.5, 0.6) is 0 Å². The maximum Gasteiger partial charge on any atom is 0.238 e. The van der Waals surface area contributed by atoms with Gasteiger partial charge in [-0.05, 0) is 37.8 Å². The zero-order valence-electron chi connectivity index (χ0n) is 23.1. The van der Waals surface area contributed by atoms with Crippen LogP contribution in [-0.2, 0) is 14.6 Å². The van der Waals surface area contributed by atoms with E-state index in [2.05, 4.69) is 31.0 Å². The molecule has 1 amide bonds. The standard InChI is InChI=1S/C29H37N7O3S/c1-40(38,39)25-11-10-24(22-8-2-3-9-23(22)25)30-28(37)21-33-16-18-35(19-17-33)27-20-26(34-12-4-5-13-34)31-29(32-27)36-14-6-7-15-36/h2-3,8-11,20H,4-7,12-19,21H2,1H3,(H,30,37). The summed E-state index contributed by atoms with van der Waals surface area (Å²) in [5.74, 6) is 2.73. The van der Waals surface area contributed by atoms with Crippen LogP contribution in [0.1, 0.15) is 25.7 Å². The third kappa shape index (κ3) is 5.71. The summed E-state index contributed by atoms with van der Waals surface area (Å²) in [6.07, 6.45) is 5.98. The Bertz CT molecular complexity index is 1460. The summed E-state index contributed by atoms with van der Waals surface area (Å²) >= 11 is 0. The molecule has 3 aliphatic rings. The Labute approximate surface area is 235 Å². The van der Waals surface area contributed by atoms with Crippen LogP contribution in [0.15, 0.2) is 47.4 Å². The number of amides is 1. The van der Waals surface area contributed by atoms with Crippen molar-refractivity contribution in [2.45, 2.75) is 30.6 Å². The number of benzene rings is 2. The number of carbonyl (C=O) groups excluding carboxylic acids is 1. The predicted octanol–water partition coefficient (Wildman–Crippen LogP) is 2.99. The van der Waals surface area contributed by atoms with Gasteiger partial charge in [-0.2, -0.15) is 9.97 Å². The Hall–Kier alpha value is -3.44. The molecule has 2 aromatic carbocycles. The lowest BCUT2D eigenvalue weighted by Gasteiger charge is -2.35. The van der Waals surface area contributed by atoms with E-state index in [9.17, 15) is 13.2 Å². The summed E-state index contributed by atoms with van der Waals surface area (Å²) in [6, 6.07) is 12.7. The fraction of sp³-hybridized carbons (Fsp3) is 0.483. The zero-order chi connectivity index (χ0) is 27.7. The first-order valence-electron chi connectivity index (χ1n) is 14.2. The van der Waals surface area contributed by atoms with Gasteiger partial charge < -0.3 is 20.0 Å². The average molecular weight is 564 g/mol. The Balaban J connectivity index is 1.11. The normalized spacial score (nSPS) is 18.6. The number of anilines is 4. The number of piperazine rings is 1. The van der Waals surface area contributed by atoms with Crippen molar-refractivity contribution in [2.24, 2.45) is 0 Å². The van der Waals surface area contributed by atoms with Gasteiger partial charge in [0.15, 0.2) is 9.84 Å². The molecule has 11 heteroatoms. The lowest BCUT2D eigenvalue weighted by atomic mass is 10.1. The molecule has 0 aliphatic carbocycles. The highest BCUT2D eigenvalue weighted by Gasteiger charge is 2.25. The van der Waals surface area contributed by atoms with Crippen LogP contribution in [-0.4, -0.2) is 94.4 Å². The number of carbonyl (C=O) groups is 1. The molecule has 10 nitrogen and oxygen atoms in total. The molecule has 0 saturated carbocycles. The number of fused-ring (bicyclic) bond motifs is 1. The fourth-order valence-electron chi connectivity index (χ4n) is 5.97. The molecule has 1 aromatic heterocycles. The largest absolute Gasteiger partial charge is 0.356 e. The minimum Gasteiger partial charge on any atom is -0.356 e. The van der Waals surface area contributed by atoms with Crippen molar-refractivity contribution < 1.29 is 13.2 Å². The van der Waals surface area contributed by atoms with E-state index in [0.717, 1.165) is 75.3 Å². The molecule has 3 saturated heterocycles. The molecular formula is C29H37N7O3S. The Morgan fingerprint density at radius 3 is 1.98 bits per heavy atom. The summed E-state index contributed by atoms with van der Waals surface area (Å²) < 4.78 is 24.5. The highest BCUT2D eigenvalue weighted by Crippen LogP contribution is 2.30. The molecular weight excluding hydrogens is 526 g/mol. The number of nitrogens with one attached hydrogen (secondary N) is 1. The first-order chi connectivity index (χ1) is 19.3. The van der Waals surface area contributed by atoms with Crippen molar-refractivity contribution in [3.63, 3.8) is 0 Å². The van der Waals surface area contributed by atoms with Crippen LogP contribution in [0.3, 0.4) is 0 Å². The second kappa shape index (κ2) is 11.2. The molecule has 40 heavy (non-hydrogen) atoms. The van der Waals surface area contributed by atoms with E-state index in [1.165, 1.54) is 31.9 Å². The predicted molar refractivity (Wildman–Crippen MR) is 159 cm³/mol. The van der Waals surface area contributed by atoms with Gasteiger partial charge in [0.05, 0.1) is 11.4 Å². The summed E-state index contributed by atoms with van der Waals surface area (Å²) in [4.78, 5) is 32.4. The van der Waals surface area contributed by atoms with Crippen LogP contribution < -0.4 is 20.0 Å². The van der Waals surface area contributed by atoms with E-state index in [1.807, 2.05) is 18.2 Å². The van der Waals surface area contributed by atoms with Crippen molar-refractivity contribution in [3.8, 4) is 0 Å². The molecule has 4 heterocycles. The number of nitrogens with zero attached hydrogens (tertiary/aromatic N) is 6.